The summed E-state index contributed by atoms with van der Waals surface area (Å²) in [6.45, 7) is 7.23. The average Bonchev–Trinajstić information content (AvgIpc) is 3.36. The number of carbonyl (C=O) groups excluding carboxylic acids is 1. The van der Waals surface area contributed by atoms with Crippen LogP contribution in [0.15, 0.2) is 36.9 Å². The SMILES string of the molecule is CN(CCOC(=O)Nc1ccc(C(C)(C)C)cc1)C[C@H]1O[C@@H](n2cnc3c(N)ncnc32)[C@H](O)[C@@H]1O. The second-order valence-electron chi connectivity index (χ2n) is 9.98. The van der Waals surface area contributed by atoms with Gasteiger partial charge in [-0.15, -0.1) is 0 Å². The number of aromatic nitrogens is 4. The van der Waals surface area contributed by atoms with Crippen LogP contribution < -0.4 is 11.1 Å². The number of amides is 1. The number of nitrogen functional groups attached to an aromatic ring is 1. The highest BCUT2D eigenvalue weighted by Crippen LogP contribution is 2.32. The molecule has 3 aromatic rings. The Bertz CT molecular complexity index is 1190. The van der Waals surface area contributed by atoms with E-state index < -0.39 is 30.6 Å². The van der Waals surface area contributed by atoms with E-state index in [2.05, 4.69) is 41.0 Å². The van der Waals surface area contributed by atoms with Gasteiger partial charge in [0.05, 0.1) is 6.33 Å². The number of benzene rings is 1. The van der Waals surface area contributed by atoms with Crippen molar-refractivity contribution < 1.29 is 24.5 Å². The molecule has 0 spiro atoms. The Labute approximate surface area is 209 Å². The highest BCUT2D eigenvalue weighted by Gasteiger charge is 2.44. The fraction of sp³-hybridized carbons (Fsp3) is 0.500. The summed E-state index contributed by atoms with van der Waals surface area (Å²) >= 11 is 0. The van der Waals surface area contributed by atoms with Crippen LogP contribution in [0.2, 0.25) is 0 Å². The van der Waals surface area contributed by atoms with Crippen LogP contribution in [0.4, 0.5) is 16.3 Å². The molecule has 194 valence electrons. The molecule has 0 aliphatic carbocycles. The minimum absolute atomic E-state index is 0.0330. The maximum Gasteiger partial charge on any atom is 0.411 e. The van der Waals surface area contributed by atoms with Crippen LogP contribution in [0, 0.1) is 0 Å². The first-order valence-electron chi connectivity index (χ1n) is 11.7. The maximum absolute atomic E-state index is 12.1. The summed E-state index contributed by atoms with van der Waals surface area (Å²) < 4.78 is 12.8. The van der Waals surface area contributed by atoms with Crippen molar-refractivity contribution in [2.45, 2.75) is 50.7 Å². The van der Waals surface area contributed by atoms with E-state index >= 15 is 0 Å². The zero-order chi connectivity index (χ0) is 26.0. The number of fused-ring (bicyclic) bond motifs is 1. The van der Waals surface area contributed by atoms with Gasteiger partial charge in [0.2, 0.25) is 0 Å². The molecule has 1 aliphatic rings. The summed E-state index contributed by atoms with van der Waals surface area (Å²) in [5, 5.41) is 23.9. The molecule has 1 aliphatic heterocycles. The Kier molecular flexibility index (Phi) is 7.41. The van der Waals surface area contributed by atoms with E-state index in [4.69, 9.17) is 15.2 Å². The second-order valence-corrected chi connectivity index (χ2v) is 9.98. The smallest absolute Gasteiger partial charge is 0.411 e. The van der Waals surface area contributed by atoms with Gasteiger partial charge in [-0.3, -0.25) is 9.88 Å². The van der Waals surface area contributed by atoms with E-state index in [1.54, 1.807) is 0 Å². The maximum atomic E-state index is 12.1. The molecular weight excluding hydrogens is 466 g/mol. The van der Waals surface area contributed by atoms with E-state index in [0.717, 1.165) is 0 Å². The summed E-state index contributed by atoms with van der Waals surface area (Å²) in [6, 6.07) is 7.65. The number of hydrogen-bond donors (Lipinski definition) is 4. The summed E-state index contributed by atoms with van der Waals surface area (Å²) in [4.78, 5) is 26.2. The van der Waals surface area contributed by atoms with Crippen LogP contribution in [-0.4, -0.2) is 85.8 Å². The molecule has 0 saturated carbocycles. The van der Waals surface area contributed by atoms with Crippen molar-refractivity contribution in [1.82, 2.24) is 24.4 Å². The standard InChI is InChI=1S/C24H33N7O5/c1-24(2,3)14-5-7-15(8-6-14)29-23(34)35-10-9-30(4)11-16-18(32)19(33)22(36-16)31-13-28-17-20(25)26-12-27-21(17)31/h5-8,12-13,16,18-19,22,32-33H,9-11H2,1-4H3,(H,29,34)(H2,25,26,27)/t16-,18-,19-,22-/m1/s1. The predicted molar refractivity (Wildman–Crippen MR) is 133 cm³/mol. The fourth-order valence-electron chi connectivity index (χ4n) is 4.07. The van der Waals surface area contributed by atoms with Crippen molar-refractivity contribution in [2.75, 3.05) is 37.8 Å². The highest BCUT2D eigenvalue weighted by atomic mass is 16.6. The number of rotatable bonds is 7. The quantitative estimate of drug-likeness (QED) is 0.375. The van der Waals surface area contributed by atoms with Gasteiger partial charge < -0.3 is 30.3 Å². The average molecular weight is 500 g/mol. The molecule has 0 radical (unpaired) electrons. The van der Waals surface area contributed by atoms with Gasteiger partial charge in [-0.25, -0.2) is 19.7 Å². The Morgan fingerprint density at radius 1 is 1.19 bits per heavy atom. The van der Waals surface area contributed by atoms with Crippen LogP contribution in [0.1, 0.15) is 32.6 Å². The van der Waals surface area contributed by atoms with Crippen molar-refractivity contribution in [3.8, 4) is 0 Å². The molecule has 4 atom stereocenters. The molecule has 4 rings (SSSR count). The number of hydrogen-bond acceptors (Lipinski definition) is 10. The number of nitrogens with one attached hydrogen (secondary N) is 1. The Morgan fingerprint density at radius 2 is 1.92 bits per heavy atom. The van der Waals surface area contributed by atoms with Crippen molar-refractivity contribution in [1.29, 1.82) is 0 Å². The lowest BCUT2D eigenvalue weighted by molar-refractivity contribution is -0.0429. The third-order valence-corrected chi connectivity index (χ3v) is 6.19. The molecule has 1 amide bonds. The van der Waals surface area contributed by atoms with E-state index in [1.807, 2.05) is 36.2 Å². The molecule has 2 aromatic heterocycles. The van der Waals surface area contributed by atoms with Gasteiger partial charge in [0.25, 0.3) is 0 Å². The number of carbonyl (C=O) groups is 1. The van der Waals surface area contributed by atoms with E-state index in [-0.39, 0.29) is 17.8 Å². The lowest BCUT2D eigenvalue weighted by Gasteiger charge is -2.22. The monoisotopic (exact) mass is 499 g/mol. The van der Waals surface area contributed by atoms with E-state index in [9.17, 15) is 15.0 Å². The third-order valence-electron chi connectivity index (χ3n) is 6.19. The van der Waals surface area contributed by atoms with Crippen LogP contribution in [-0.2, 0) is 14.9 Å². The van der Waals surface area contributed by atoms with Crippen molar-refractivity contribution in [3.63, 3.8) is 0 Å². The van der Waals surface area contributed by atoms with Gasteiger partial charge in [-0.1, -0.05) is 32.9 Å². The molecule has 3 heterocycles. The van der Waals surface area contributed by atoms with Crippen molar-refractivity contribution in [2.24, 2.45) is 0 Å². The van der Waals surface area contributed by atoms with Gasteiger partial charge in [0, 0.05) is 18.8 Å². The summed E-state index contributed by atoms with van der Waals surface area (Å²) in [5.41, 5.74) is 8.48. The number of imidazole rings is 1. The zero-order valence-electron chi connectivity index (χ0n) is 20.8. The van der Waals surface area contributed by atoms with Crippen molar-refractivity contribution >= 4 is 28.8 Å². The molecule has 0 unspecified atom stereocenters. The lowest BCUT2D eigenvalue weighted by Crippen LogP contribution is -2.39. The number of nitrogens with two attached hydrogens (primary N) is 1. The normalized spacial score (nSPS) is 22.3. The Balaban J connectivity index is 1.25. The largest absolute Gasteiger partial charge is 0.448 e. The summed E-state index contributed by atoms with van der Waals surface area (Å²) in [7, 11) is 1.81. The molecule has 0 bridgehead atoms. The first-order chi connectivity index (χ1) is 17.0. The number of aliphatic hydroxyl groups is 2. The number of aliphatic hydroxyl groups excluding tert-OH is 2. The van der Waals surface area contributed by atoms with E-state index in [0.29, 0.717) is 29.9 Å². The summed E-state index contributed by atoms with van der Waals surface area (Å²) in [6.07, 6.45) is -1.68. The highest BCUT2D eigenvalue weighted by molar-refractivity contribution is 5.84. The van der Waals surface area contributed by atoms with Gasteiger partial charge in [0.1, 0.15) is 36.8 Å². The molecule has 1 saturated heterocycles. The summed E-state index contributed by atoms with van der Waals surface area (Å²) in [5.74, 6) is 0.217. The minimum atomic E-state index is -1.19. The number of anilines is 2. The number of likely N-dealkylation sites (N-methyl/N-ethyl adjacent to an activating group) is 1. The first kappa shape index (κ1) is 25.8. The predicted octanol–water partition coefficient (Wildman–Crippen LogP) is 1.51. The second kappa shape index (κ2) is 10.3. The van der Waals surface area contributed by atoms with E-state index in [1.165, 1.54) is 22.8 Å². The molecular formula is C24H33N7O5. The van der Waals surface area contributed by atoms with Gasteiger partial charge in [0.15, 0.2) is 17.7 Å². The molecule has 12 heteroatoms. The number of nitrogens with zero attached hydrogens (tertiary/aromatic N) is 5. The molecule has 5 N–H and O–H groups in total. The minimum Gasteiger partial charge on any atom is -0.448 e. The molecule has 1 fully saturated rings. The molecule has 1 aromatic carbocycles. The zero-order valence-corrected chi connectivity index (χ0v) is 20.8. The number of ether oxygens (including phenoxy) is 2. The van der Waals surface area contributed by atoms with Crippen LogP contribution in [0.5, 0.6) is 0 Å². The van der Waals surface area contributed by atoms with Crippen LogP contribution >= 0.6 is 0 Å². The topological polar surface area (TPSA) is 161 Å². The van der Waals surface area contributed by atoms with Crippen molar-refractivity contribution in [3.05, 3.63) is 42.5 Å². The van der Waals surface area contributed by atoms with Gasteiger partial charge in [-0.2, -0.15) is 0 Å². The van der Waals surface area contributed by atoms with Crippen LogP contribution in [0.3, 0.4) is 0 Å². The lowest BCUT2D eigenvalue weighted by atomic mass is 9.87. The Morgan fingerprint density at radius 3 is 2.61 bits per heavy atom. The van der Waals surface area contributed by atoms with Gasteiger partial charge >= 0.3 is 6.09 Å². The fourth-order valence-corrected chi connectivity index (χ4v) is 4.07. The van der Waals surface area contributed by atoms with Gasteiger partial charge in [-0.05, 0) is 30.2 Å². The van der Waals surface area contributed by atoms with Crippen LogP contribution in [0.25, 0.3) is 11.2 Å². The Hall–Kier alpha value is -3.32. The first-order valence-corrected chi connectivity index (χ1v) is 11.7. The third kappa shape index (κ3) is 5.57. The molecule has 12 nitrogen and oxygen atoms in total. The molecule has 36 heavy (non-hydrogen) atoms.